The third-order valence-electron chi connectivity index (χ3n) is 6.09. The van der Waals surface area contributed by atoms with Gasteiger partial charge in [-0.3, -0.25) is 24.6 Å². The minimum atomic E-state index is -4.41. The first kappa shape index (κ1) is 20.8. The first-order valence-corrected chi connectivity index (χ1v) is 9.98. The molecule has 162 valence electrons. The average Bonchev–Trinajstić information content (AvgIpc) is 2.96. The van der Waals surface area contributed by atoms with Gasteiger partial charge in [0.05, 0.1) is 0 Å². The summed E-state index contributed by atoms with van der Waals surface area (Å²) in [5.74, 6) is -1.16. The van der Waals surface area contributed by atoms with Crippen LogP contribution in [0, 0.1) is 0 Å². The fourth-order valence-corrected chi connectivity index (χ4v) is 4.69. The number of nitrogens with zero attached hydrogens (tertiary/aromatic N) is 2. The van der Waals surface area contributed by atoms with E-state index in [1.165, 1.54) is 9.80 Å². The van der Waals surface area contributed by atoms with E-state index in [0.717, 1.165) is 0 Å². The first-order valence-electron chi connectivity index (χ1n) is 9.98. The summed E-state index contributed by atoms with van der Waals surface area (Å²) in [4.78, 5) is 39.0. The maximum Gasteiger partial charge on any atom is 0.405 e. The van der Waals surface area contributed by atoms with Crippen molar-refractivity contribution in [2.75, 3.05) is 6.54 Å². The van der Waals surface area contributed by atoms with E-state index in [0.29, 0.717) is 36.1 Å². The van der Waals surface area contributed by atoms with Gasteiger partial charge in [0.1, 0.15) is 12.1 Å². The number of benzene rings is 1. The lowest BCUT2D eigenvalue weighted by Gasteiger charge is -2.40. The topological polar surface area (TPSA) is 95.7 Å². The molecule has 10 heteroatoms. The minimum absolute atomic E-state index is 0.0811. The van der Waals surface area contributed by atoms with Gasteiger partial charge in [-0.1, -0.05) is 12.1 Å². The third-order valence-corrected chi connectivity index (χ3v) is 6.09. The molecule has 3 heterocycles. The number of nitrogens with one attached hydrogen (secondary N) is 1. The van der Waals surface area contributed by atoms with Crippen LogP contribution >= 0.6 is 0 Å². The highest BCUT2D eigenvalue weighted by molar-refractivity contribution is 6.05. The molecule has 3 aliphatic heterocycles. The van der Waals surface area contributed by atoms with E-state index < -0.39 is 30.2 Å². The van der Waals surface area contributed by atoms with Crippen LogP contribution in [0.5, 0.6) is 0 Å². The molecule has 0 spiro atoms. The van der Waals surface area contributed by atoms with Gasteiger partial charge in [-0.05, 0) is 43.0 Å². The highest BCUT2D eigenvalue weighted by atomic mass is 19.4. The Kier molecular flexibility index (Phi) is 5.31. The largest absolute Gasteiger partial charge is 0.405 e. The Morgan fingerprint density at radius 3 is 2.63 bits per heavy atom. The Hall–Kier alpha value is -2.46. The molecule has 1 aromatic rings. The lowest BCUT2D eigenvalue weighted by atomic mass is 9.95. The predicted octanol–water partition coefficient (Wildman–Crippen LogP) is 1.30. The Labute approximate surface area is 171 Å². The molecule has 0 saturated carbocycles. The summed E-state index contributed by atoms with van der Waals surface area (Å²) in [5.41, 5.74) is 7.54. The van der Waals surface area contributed by atoms with Gasteiger partial charge in [-0.2, -0.15) is 13.2 Å². The maximum atomic E-state index is 13.5. The number of amides is 3. The molecule has 3 atom stereocenters. The zero-order valence-electron chi connectivity index (χ0n) is 16.2. The highest BCUT2D eigenvalue weighted by Gasteiger charge is 2.48. The van der Waals surface area contributed by atoms with Crippen molar-refractivity contribution in [2.24, 2.45) is 5.73 Å². The normalized spacial score (nSPS) is 27.9. The van der Waals surface area contributed by atoms with Gasteiger partial charge in [0, 0.05) is 31.1 Å². The molecule has 3 N–H and O–H groups in total. The van der Waals surface area contributed by atoms with Crippen LogP contribution in [0.3, 0.4) is 0 Å². The van der Waals surface area contributed by atoms with Gasteiger partial charge >= 0.3 is 6.18 Å². The Balaban J connectivity index is 1.51. The van der Waals surface area contributed by atoms with Gasteiger partial charge in [0.15, 0.2) is 0 Å². The zero-order valence-corrected chi connectivity index (χ0v) is 16.2. The lowest BCUT2D eigenvalue weighted by Crippen LogP contribution is -2.58. The van der Waals surface area contributed by atoms with E-state index in [2.05, 4.69) is 5.32 Å². The number of nitrogens with two attached hydrogens (primary N) is 1. The van der Waals surface area contributed by atoms with Crippen molar-refractivity contribution in [2.45, 2.75) is 63.1 Å². The zero-order chi connectivity index (χ0) is 21.6. The fourth-order valence-electron chi connectivity index (χ4n) is 4.69. The minimum Gasteiger partial charge on any atom is -0.326 e. The summed E-state index contributed by atoms with van der Waals surface area (Å²) in [6.07, 6.45) is -3.05. The number of alkyl halides is 3. The number of rotatable bonds is 3. The fraction of sp³-hybridized carbons (Fsp3) is 0.550. The van der Waals surface area contributed by atoms with Crippen molar-refractivity contribution in [3.05, 3.63) is 34.9 Å². The van der Waals surface area contributed by atoms with Crippen LogP contribution in [-0.2, 0) is 22.7 Å². The van der Waals surface area contributed by atoms with E-state index in [9.17, 15) is 27.6 Å². The van der Waals surface area contributed by atoms with Crippen molar-refractivity contribution in [3.8, 4) is 0 Å². The lowest BCUT2D eigenvalue weighted by molar-refractivity contribution is -0.197. The number of carbonyl (C=O) groups is 3. The van der Waals surface area contributed by atoms with E-state index in [1.807, 2.05) is 0 Å². The van der Waals surface area contributed by atoms with Crippen LogP contribution < -0.4 is 11.1 Å². The van der Waals surface area contributed by atoms with Crippen LogP contribution in [0.15, 0.2) is 18.2 Å². The summed E-state index contributed by atoms with van der Waals surface area (Å²) >= 11 is 0. The van der Waals surface area contributed by atoms with Crippen molar-refractivity contribution in [1.82, 2.24) is 15.1 Å². The Morgan fingerprint density at radius 2 is 1.93 bits per heavy atom. The molecule has 3 unspecified atom stereocenters. The molecular formula is C20H23F3N4O3. The molecule has 0 bridgehead atoms. The van der Waals surface area contributed by atoms with Crippen molar-refractivity contribution >= 4 is 17.7 Å². The quantitative estimate of drug-likeness (QED) is 0.714. The summed E-state index contributed by atoms with van der Waals surface area (Å²) in [6, 6.07) is 1.61. The van der Waals surface area contributed by atoms with Gasteiger partial charge in [-0.25, -0.2) is 0 Å². The van der Waals surface area contributed by atoms with E-state index in [-0.39, 0.29) is 37.7 Å². The molecule has 2 saturated heterocycles. The third kappa shape index (κ3) is 3.81. The van der Waals surface area contributed by atoms with Gasteiger partial charge in [-0.15, -0.1) is 0 Å². The number of imide groups is 1. The number of halogens is 3. The van der Waals surface area contributed by atoms with Crippen LogP contribution in [-0.4, -0.2) is 58.4 Å². The number of likely N-dealkylation sites (tertiary alicyclic amines) is 1. The van der Waals surface area contributed by atoms with Crippen LogP contribution in [0.4, 0.5) is 13.2 Å². The second-order valence-corrected chi connectivity index (χ2v) is 8.15. The van der Waals surface area contributed by atoms with Crippen LogP contribution in [0.2, 0.25) is 0 Å². The van der Waals surface area contributed by atoms with E-state index in [1.54, 1.807) is 18.2 Å². The summed E-state index contributed by atoms with van der Waals surface area (Å²) < 4.78 is 40.5. The Morgan fingerprint density at radius 1 is 1.17 bits per heavy atom. The number of carbonyl (C=O) groups excluding carboxylic acids is 3. The number of piperidine rings is 2. The second-order valence-electron chi connectivity index (χ2n) is 8.15. The van der Waals surface area contributed by atoms with Crippen molar-refractivity contribution < 1.29 is 27.6 Å². The summed E-state index contributed by atoms with van der Waals surface area (Å²) in [5, 5.41) is 2.25. The predicted molar refractivity (Wildman–Crippen MR) is 99.9 cm³/mol. The average molecular weight is 424 g/mol. The monoisotopic (exact) mass is 424 g/mol. The standard InChI is InChI=1S/C20H23F3N4O3/c21-20(22,23)17-14(24)2-1-7-26(17)9-11-3-4-13-12(8-11)10-27(19(13)30)15-5-6-16(28)25-18(15)29/h3-4,8,14-15,17H,1-2,5-7,9-10,24H2,(H,25,28,29). The van der Waals surface area contributed by atoms with Gasteiger partial charge < -0.3 is 10.6 Å². The molecule has 0 radical (unpaired) electrons. The summed E-state index contributed by atoms with van der Waals surface area (Å²) in [7, 11) is 0. The molecule has 30 heavy (non-hydrogen) atoms. The van der Waals surface area contributed by atoms with Gasteiger partial charge in [0.2, 0.25) is 11.8 Å². The van der Waals surface area contributed by atoms with E-state index in [4.69, 9.17) is 5.73 Å². The van der Waals surface area contributed by atoms with E-state index >= 15 is 0 Å². The van der Waals surface area contributed by atoms with Crippen molar-refractivity contribution in [3.63, 3.8) is 0 Å². The molecule has 2 fully saturated rings. The van der Waals surface area contributed by atoms with Crippen molar-refractivity contribution in [1.29, 1.82) is 0 Å². The maximum absolute atomic E-state index is 13.5. The molecular weight excluding hydrogens is 401 g/mol. The molecule has 0 aliphatic carbocycles. The van der Waals surface area contributed by atoms with Crippen LogP contribution in [0.1, 0.15) is 47.2 Å². The number of hydrogen-bond acceptors (Lipinski definition) is 5. The Bertz CT molecular complexity index is 889. The highest BCUT2D eigenvalue weighted by Crippen LogP contribution is 2.33. The SMILES string of the molecule is NC1CCCN(Cc2ccc3c(c2)CN(C2CCC(=O)NC2=O)C3=O)C1C(F)(F)F. The molecule has 0 aromatic heterocycles. The smallest absolute Gasteiger partial charge is 0.326 e. The molecule has 7 nitrogen and oxygen atoms in total. The molecule has 1 aromatic carbocycles. The summed E-state index contributed by atoms with van der Waals surface area (Å²) in [6.45, 7) is 0.574. The number of hydrogen-bond donors (Lipinski definition) is 2. The second kappa shape index (κ2) is 7.66. The van der Waals surface area contributed by atoms with Crippen LogP contribution in [0.25, 0.3) is 0 Å². The first-order chi connectivity index (χ1) is 14.1. The molecule has 4 rings (SSSR count). The molecule has 3 aliphatic rings. The van der Waals surface area contributed by atoms with Gasteiger partial charge in [0.25, 0.3) is 5.91 Å². The molecule has 3 amide bonds. The number of fused-ring (bicyclic) bond motifs is 1.